The van der Waals surface area contributed by atoms with Crippen LogP contribution in [0.2, 0.25) is 5.02 Å². The summed E-state index contributed by atoms with van der Waals surface area (Å²) in [6, 6.07) is 7.37. The number of aromatic nitrogens is 2. The molecule has 29 heavy (non-hydrogen) atoms. The molecule has 1 aliphatic rings. The maximum Gasteiger partial charge on any atom is 0.247 e. The molecule has 156 valence electrons. The third-order valence-corrected chi connectivity index (χ3v) is 5.49. The van der Waals surface area contributed by atoms with Crippen LogP contribution in [0, 0.1) is 0 Å². The third kappa shape index (κ3) is 6.67. The number of nitrogens with zero attached hydrogens (tertiary/aromatic N) is 3. The van der Waals surface area contributed by atoms with Crippen LogP contribution in [0.4, 0.5) is 0 Å². The molecule has 0 spiro atoms. The molecule has 0 radical (unpaired) electrons. The van der Waals surface area contributed by atoms with Gasteiger partial charge in [0.25, 0.3) is 0 Å². The van der Waals surface area contributed by atoms with Gasteiger partial charge < -0.3 is 4.42 Å². The molecule has 6 nitrogen and oxygen atoms in total. The fourth-order valence-electron chi connectivity index (χ4n) is 3.54. The second-order valence-corrected chi connectivity index (χ2v) is 7.96. The minimum absolute atomic E-state index is 0.00321. The number of unbranched alkanes of at least 4 members (excludes halogenated alkanes) is 7. The number of amides is 2. The number of hydrogen-bond acceptors (Lipinski definition) is 5. The van der Waals surface area contributed by atoms with Gasteiger partial charge in [-0.25, -0.2) is 0 Å². The van der Waals surface area contributed by atoms with E-state index in [1.165, 1.54) is 24.2 Å². The highest BCUT2D eigenvalue weighted by molar-refractivity contribution is 6.30. The topological polar surface area (TPSA) is 76.3 Å². The summed E-state index contributed by atoms with van der Waals surface area (Å²) in [5.41, 5.74) is 0.881. The Bertz CT molecular complexity index is 788. The van der Waals surface area contributed by atoms with Gasteiger partial charge in [0.05, 0.1) is 0 Å². The lowest BCUT2D eigenvalue weighted by Crippen LogP contribution is -2.29. The summed E-state index contributed by atoms with van der Waals surface area (Å²) in [5, 5.41) is 8.92. The van der Waals surface area contributed by atoms with Gasteiger partial charge in [-0.15, -0.1) is 10.2 Å². The Morgan fingerprint density at radius 2 is 1.41 bits per heavy atom. The standard InChI is InChI=1S/C22H28ClN3O3/c23-18-12-10-17(11-13-18)22-25-24-19(29-22)9-7-5-3-1-2-4-6-8-16-26-20(27)14-15-21(26)28/h10-13H,1-9,14-16H2. The van der Waals surface area contributed by atoms with Crippen molar-refractivity contribution in [1.82, 2.24) is 15.1 Å². The Labute approximate surface area is 176 Å². The first-order chi connectivity index (χ1) is 14.1. The van der Waals surface area contributed by atoms with Crippen molar-refractivity contribution in [2.24, 2.45) is 0 Å². The van der Waals surface area contributed by atoms with Crippen LogP contribution in [0.15, 0.2) is 28.7 Å². The first kappa shape index (κ1) is 21.5. The van der Waals surface area contributed by atoms with Crippen molar-refractivity contribution in [3.8, 4) is 11.5 Å². The number of halogens is 1. The first-order valence-corrected chi connectivity index (χ1v) is 10.9. The third-order valence-electron chi connectivity index (χ3n) is 5.24. The second kappa shape index (κ2) is 11.1. The van der Waals surface area contributed by atoms with Gasteiger partial charge in [0.1, 0.15) is 0 Å². The molecule has 1 aromatic carbocycles. The van der Waals surface area contributed by atoms with Crippen LogP contribution in [-0.4, -0.2) is 33.5 Å². The molecule has 3 rings (SSSR count). The average molecular weight is 418 g/mol. The number of likely N-dealkylation sites (tertiary alicyclic amines) is 1. The highest BCUT2D eigenvalue weighted by atomic mass is 35.5. The van der Waals surface area contributed by atoms with Gasteiger partial charge in [-0.3, -0.25) is 14.5 Å². The van der Waals surface area contributed by atoms with Crippen LogP contribution < -0.4 is 0 Å². The Balaban J connectivity index is 1.20. The zero-order chi connectivity index (χ0) is 20.5. The van der Waals surface area contributed by atoms with E-state index in [0.29, 0.717) is 36.2 Å². The van der Waals surface area contributed by atoms with Gasteiger partial charge in [-0.1, -0.05) is 50.1 Å². The van der Waals surface area contributed by atoms with Crippen molar-refractivity contribution < 1.29 is 14.0 Å². The van der Waals surface area contributed by atoms with E-state index in [1.54, 1.807) is 0 Å². The maximum atomic E-state index is 11.5. The van der Waals surface area contributed by atoms with E-state index in [9.17, 15) is 9.59 Å². The highest BCUT2D eigenvalue weighted by Crippen LogP contribution is 2.21. The van der Waals surface area contributed by atoms with Crippen molar-refractivity contribution >= 4 is 23.4 Å². The molecule has 2 amide bonds. The molecule has 0 bridgehead atoms. The van der Waals surface area contributed by atoms with Crippen molar-refractivity contribution in [3.05, 3.63) is 35.2 Å². The van der Waals surface area contributed by atoms with E-state index in [4.69, 9.17) is 16.0 Å². The molecule has 0 unspecified atom stereocenters. The second-order valence-electron chi connectivity index (χ2n) is 7.53. The largest absolute Gasteiger partial charge is 0.421 e. The zero-order valence-electron chi connectivity index (χ0n) is 16.7. The van der Waals surface area contributed by atoms with Crippen LogP contribution >= 0.6 is 11.6 Å². The predicted octanol–water partition coefficient (Wildman–Crippen LogP) is 5.20. The van der Waals surface area contributed by atoms with Crippen LogP contribution in [0.25, 0.3) is 11.5 Å². The summed E-state index contributed by atoms with van der Waals surface area (Å²) >= 11 is 5.89. The fraction of sp³-hybridized carbons (Fsp3) is 0.545. The molecule has 0 aliphatic carbocycles. The number of aryl methyl sites for hydroxylation is 1. The number of carbonyl (C=O) groups excluding carboxylic acids is 2. The van der Waals surface area contributed by atoms with Crippen molar-refractivity contribution in [3.63, 3.8) is 0 Å². The minimum atomic E-state index is -0.00321. The van der Waals surface area contributed by atoms with Crippen molar-refractivity contribution in [2.75, 3.05) is 6.54 Å². The molecule has 7 heteroatoms. The lowest BCUT2D eigenvalue weighted by molar-refractivity contribution is -0.138. The van der Waals surface area contributed by atoms with Gasteiger partial charge in [-0.2, -0.15) is 0 Å². The fourth-order valence-corrected chi connectivity index (χ4v) is 3.67. The van der Waals surface area contributed by atoms with Gasteiger partial charge in [-0.05, 0) is 37.1 Å². The van der Waals surface area contributed by atoms with E-state index < -0.39 is 0 Å². The SMILES string of the molecule is O=C1CCC(=O)N1CCCCCCCCCCc1nnc(-c2ccc(Cl)cc2)o1. The van der Waals surface area contributed by atoms with E-state index in [2.05, 4.69) is 10.2 Å². The Hall–Kier alpha value is -2.21. The van der Waals surface area contributed by atoms with Gasteiger partial charge >= 0.3 is 0 Å². The van der Waals surface area contributed by atoms with Crippen molar-refractivity contribution in [2.45, 2.75) is 70.6 Å². The Morgan fingerprint density at radius 3 is 2.07 bits per heavy atom. The Kier molecular flexibility index (Phi) is 8.23. The van der Waals surface area contributed by atoms with Gasteiger partial charge in [0.15, 0.2) is 0 Å². The molecule has 2 aromatic rings. The monoisotopic (exact) mass is 417 g/mol. The summed E-state index contributed by atoms with van der Waals surface area (Å²) in [6.07, 6.45) is 10.5. The summed E-state index contributed by atoms with van der Waals surface area (Å²) in [4.78, 5) is 24.5. The van der Waals surface area contributed by atoms with Crippen LogP contribution in [-0.2, 0) is 16.0 Å². The van der Waals surface area contributed by atoms with Crippen LogP contribution in [0.5, 0.6) is 0 Å². The van der Waals surface area contributed by atoms with Gasteiger partial charge in [0.2, 0.25) is 23.6 Å². The summed E-state index contributed by atoms with van der Waals surface area (Å²) in [6.45, 7) is 0.597. The molecule has 0 saturated carbocycles. The molecule has 2 heterocycles. The van der Waals surface area contributed by atoms with Crippen LogP contribution in [0.3, 0.4) is 0 Å². The van der Waals surface area contributed by atoms with E-state index in [0.717, 1.165) is 44.1 Å². The lowest BCUT2D eigenvalue weighted by atomic mass is 10.1. The smallest absolute Gasteiger partial charge is 0.247 e. The van der Waals surface area contributed by atoms with E-state index >= 15 is 0 Å². The molecule has 1 saturated heterocycles. The van der Waals surface area contributed by atoms with E-state index in [-0.39, 0.29) is 11.8 Å². The molecule has 0 atom stereocenters. The number of rotatable bonds is 12. The molecule has 0 N–H and O–H groups in total. The van der Waals surface area contributed by atoms with Crippen LogP contribution in [0.1, 0.15) is 70.1 Å². The molecule has 1 fully saturated rings. The highest BCUT2D eigenvalue weighted by Gasteiger charge is 2.27. The predicted molar refractivity (Wildman–Crippen MR) is 111 cm³/mol. The van der Waals surface area contributed by atoms with Crippen molar-refractivity contribution in [1.29, 1.82) is 0 Å². The number of imide groups is 1. The first-order valence-electron chi connectivity index (χ1n) is 10.5. The summed E-state index contributed by atoms with van der Waals surface area (Å²) in [5.74, 6) is 1.21. The number of carbonyl (C=O) groups is 2. The molecular formula is C22H28ClN3O3. The Morgan fingerprint density at radius 1 is 0.828 bits per heavy atom. The molecule has 1 aliphatic heterocycles. The zero-order valence-corrected chi connectivity index (χ0v) is 17.5. The normalized spacial score (nSPS) is 14.2. The minimum Gasteiger partial charge on any atom is -0.421 e. The molecular weight excluding hydrogens is 390 g/mol. The quantitative estimate of drug-likeness (QED) is 0.350. The number of hydrogen-bond donors (Lipinski definition) is 0. The molecule has 1 aromatic heterocycles. The van der Waals surface area contributed by atoms with E-state index in [1.807, 2.05) is 24.3 Å². The maximum absolute atomic E-state index is 11.5. The summed E-state index contributed by atoms with van der Waals surface area (Å²) < 4.78 is 5.72. The average Bonchev–Trinajstić information content (AvgIpc) is 3.31. The summed E-state index contributed by atoms with van der Waals surface area (Å²) in [7, 11) is 0. The van der Waals surface area contributed by atoms with Gasteiger partial charge in [0, 0.05) is 36.4 Å². The lowest BCUT2D eigenvalue weighted by Gasteiger charge is -2.12. The number of benzene rings is 1.